The lowest BCUT2D eigenvalue weighted by atomic mass is 9.83. The number of pyridine rings is 1. The fourth-order valence-electron chi connectivity index (χ4n) is 3.29. The molecule has 1 aromatic heterocycles. The van der Waals surface area contributed by atoms with Crippen LogP contribution < -0.4 is 10.6 Å². The number of hydrogen-bond acceptors (Lipinski definition) is 4. The van der Waals surface area contributed by atoms with E-state index in [1.165, 1.54) is 17.2 Å². The summed E-state index contributed by atoms with van der Waals surface area (Å²) in [7, 11) is 0. The molecule has 0 aliphatic carbocycles. The Balaban J connectivity index is 1.61. The van der Waals surface area contributed by atoms with Crippen molar-refractivity contribution >= 4 is 35.1 Å². The molecule has 0 aliphatic rings. The van der Waals surface area contributed by atoms with Gasteiger partial charge in [0.1, 0.15) is 5.82 Å². The Morgan fingerprint density at radius 1 is 1.00 bits per heavy atom. The lowest BCUT2D eigenvalue weighted by molar-refractivity contribution is -0.120. The Bertz CT molecular complexity index is 1130. The number of rotatable bonds is 9. The van der Waals surface area contributed by atoms with Gasteiger partial charge in [-0.2, -0.15) is 0 Å². The van der Waals surface area contributed by atoms with Crippen molar-refractivity contribution in [1.82, 2.24) is 4.98 Å². The van der Waals surface area contributed by atoms with Crippen LogP contribution in [0, 0.1) is 0 Å². The van der Waals surface area contributed by atoms with Crippen molar-refractivity contribution in [1.29, 1.82) is 0 Å². The molecule has 0 atom stereocenters. The zero-order chi connectivity index (χ0) is 24.7. The van der Waals surface area contributed by atoms with Crippen molar-refractivity contribution in [3.05, 3.63) is 83.6 Å². The second kappa shape index (κ2) is 11.2. The predicted molar refractivity (Wildman–Crippen MR) is 132 cm³/mol. The molecule has 0 fully saturated rings. The van der Waals surface area contributed by atoms with Gasteiger partial charge in [-0.05, 0) is 67.1 Å². The summed E-state index contributed by atoms with van der Waals surface area (Å²) in [6.45, 7) is 5.55. The summed E-state index contributed by atoms with van der Waals surface area (Å²) >= 11 is 1.75. The van der Waals surface area contributed by atoms with E-state index in [1.54, 1.807) is 49.9 Å². The smallest absolute Gasteiger partial charge is 0.264 e. The number of carbonyl (C=O) groups is 2. The average Bonchev–Trinajstić information content (AvgIpc) is 2.81. The number of nitrogens with one attached hydrogen (secondary N) is 2. The number of nitrogens with zero attached hydrogens (tertiary/aromatic N) is 1. The Labute approximate surface area is 202 Å². The van der Waals surface area contributed by atoms with Gasteiger partial charge in [-0.25, -0.2) is 13.8 Å². The predicted octanol–water partition coefficient (Wildman–Crippen LogP) is 6.23. The van der Waals surface area contributed by atoms with Crippen molar-refractivity contribution in [2.75, 3.05) is 16.4 Å². The third kappa shape index (κ3) is 6.63. The molecule has 0 bridgehead atoms. The average molecular weight is 484 g/mol. The van der Waals surface area contributed by atoms with Crippen molar-refractivity contribution in [2.24, 2.45) is 0 Å². The summed E-state index contributed by atoms with van der Waals surface area (Å²) in [6.07, 6.45) is -1.15. The Hall–Kier alpha value is -3.26. The SMILES string of the molecule is CCSc1ccc(CC(=O)Nc2ccc(C(C)(C)C(=O)Nc3cc(C(F)F)ccn3)cc2)cc1. The van der Waals surface area contributed by atoms with E-state index in [4.69, 9.17) is 0 Å². The number of benzene rings is 2. The highest BCUT2D eigenvalue weighted by Crippen LogP contribution is 2.27. The molecule has 8 heteroatoms. The van der Waals surface area contributed by atoms with Gasteiger partial charge in [0.25, 0.3) is 6.43 Å². The van der Waals surface area contributed by atoms with Crippen molar-refractivity contribution in [3.8, 4) is 0 Å². The first kappa shape index (κ1) is 25.4. The van der Waals surface area contributed by atoms with Gasteiger partial charge in [0.2, 0.25) is 11.8 Å². The standard InChI is InChI=1S/C26H27F2N3O2S/c1-4-34-21-11-5-17(6-12-21)15-23(32)30-20-9-7-19(8-10-20)26(2,3)25(33)31-22-16-18(24(27)28)13-14-29-22/h5-14,16,24H,4,15H2,1-3H3,(H,30,32)(H,29,31,33). The van der Waals surface area contributed by atoms with Gasteiger partial charge in [0.05, 0.1) is 11.8 Å². The second-order valence-electron chi connectivity index (χ2n) is 8.23. The van der Waals surface area contributed by atoms with Crippen LogP contribution in [0.5, 0.6) is 0 Å². The van der Waals surface area contributed by atoms with Crippen LogP contribution in [-0.4, -0.2) is 22.6 Å². The van der Waals surface area contributed by atoms with Gasteiger partial charge in [-0.15, -0.1) is 11.8 Å². The zero-order valence-electron chi connectivity index (χ0n) is 19.3. The zero-order valence-corrected chi connectivity index (χ0v) is 20.1. The summed E-state index contributed by atoms with van der Waals surface area (Å²) < 4.78 is 25.8. The second-order valence-corrected chi connectivity index (χ2v) is 9.57. The lowest BCUT2D eigenvalue weighted by Crippen LogP contribution is -2.35. The van der Waals surface area contributed by atoms with Crippen molar-refractivity contribution in [2.45, 2.75) is 43.9 Å². The molecule has 0 unspecified atom stereocenters. The minimum absolute atomic E-state index is 0.0704. The highest BCUT2D eigenvalue weighted by molar-refractivity contribution is 7.99. The maximum atomic E-state index is 12.9. The fraction of sp³-hybridized carbons (Fsp3) is 0.269. The number of amides is 2. The van der Waals surface area contributed by atoms with Gasteiger partial charge in [0, 0.05) is 22.3 Å². The van der Waals surface area contributed by atoms with E-state index in [-0.39, 0.29) is 29.6 Å². The third-order valence-electron chi connectivity index (χ3n) is 5.33. The summed E-state index contributed by atoms with van der Waals surface area (Å²) in [6, 6.07) is 17.3. The van der Waals surface area contributed by atoms with Crippen LogP contribution in [0.2, 0.25) is 0 Å². The van der Waals surface area contributed by atoms with Gasteiger partial charge < -0.3 is 10.6 Å². The van der Waals surface area contributed by atoms with Crippen LogP contribution in [0.15, 0.2) is 71.8 Å². The third-order valence-corrected chi connectivity index (χ3v) is 6.23. The monoisotopic (exact) mass is 483 g/mol. The maximum absolute atomic E-state index is 12.9. The molecule has 0 saturated carbocycles. The number of aromatic nitrogens is 1. The Morgan fingerprint density at radius 2 is 1.68 bits per heavy atom. The lowest BCUT2D eigenvalue weighted by Gasteiger charge is -2.24. The molecule has 0 aliphatic heterocycles. The largest absolute Gasteiger partial charge is 0.326 e. The number of carbonyl (C=O) groups excluding carboxylic acids is 2. The molecule has 3 aromatic rings. The molecule has 0 saturated heterocycles. The fourth-order valence-corrected chi connectivity index (χ4v) is 3.95. The number of alkyl halides is 2. The van der Waals surface area contributed by atoms with E-state index in [2.05, 4.69) is 22.5 Å². The first-order chi connectivity index (χ1) is 16.2. The molecule has 3 rings (SSSR count). The normalized spacial score (nSPS) is 11.4. The molecule has 0 spiro atoms. The summed E-state index contributed by atoms with van der Waals surface area (Å²) in [5.41, 5.74) is 1.09. The number of hydrogen-bond donors (Lipinski definition) is 2. The Kier molecular flexibility index (Phi) is 8.39. The Morgan fingerprint density at radius 3 is 2.29 bits per heavy atom. The van der Waals surface area contributed by atoms with Crippen molar-refractivity contribution < 1.29 is 18.4 Å². The van der Waals surface area contributed by atoms with E-state index >= 15 is 0 Å². The summed E-state index contributed by atoms with van der Waals surface area (Å²) in [5.74, 6) is 0.552. The van der Waals surface area contributed by atoms with Crippen LogP contribution in [0.4, 0.5) is 20.3 Å². The van der Waals surface area contributed by atoms with E-state index in [9.17, 15) is 18.4 Å². The molecular weight excluding hydrogens is 456 g/mol. The highest BCUT2D eigenvalue weighted by Gasteiger charge is 2.30. The summed E-state index contributed by atoms with van der Waals surface area (Å²) in [4.78, 5) is 30.4. The molecule has 2 N–H and O–H groups in total. The van der Waals surface area contributed by atoms with E-state index in [1.807, 2.05) is 24.3 Å². The van der Waals surface area contributed by atoms with E-state index in [0.29, 0.717) is 11.3 Å². The number of anilines is 2. The minimum Gasteiger partial charge on any atom is -0.326 e. The first-order valence-corrected chi connectivity index (χ1v) is 11.8. The van der Waals surface area contributed by atoms with Crippen LogP contribution in [0.3, 0.4) is 0 Å². The molecule has 2 amide bonds. The highest BCUT2D eigenvalue weighted by atomic mass is 32.2. The quantitative estimate of drug-likeness (QED) is 0.354. The molecular formula is C26H27F2N3O2S. The van der Waals surface area contributed by atoms with Crippen LogP contribution in [0.25, 0.3) is 0 Å². The van der Waals surface area contributed by atoms with Gasteiger partial charge >= 0.3 is 0 Å². The first-order valence-electron chi connectivity index (χ1n) is 10.9. The number of halogens is 2. The molecule has 178 valence electrons. The van der Waals surface area contributed by atoms with Gasteiger partial charge in [0.15, 0.2) is 0 Å². The van der Waals surface area contributed by atoms with Crippen molar-refractivity contribution in [3.63, 3.8) is 0 Å². The minimum atomic E-state index is -2.64. The van der Waals surface area contributed by atoms with Gasteiger partial charge in [-0.3, -0.25) is 9.59 Å². The van der Waals surface area contributed by atoms with E-state index < -0.39 is 11.8 Å². The summed E-state index contributed by atoms with van der Waals surface area (Å²) in [5, 5.41) is 5.48. The molecule has 1 heterocycles. The molecule has 0 radical (unpaired) electrons. The topological polar surface area (TPSA) is 71.1 Å². The maximum Gasteiger partial charge on any atom is 0.264 e. The molecule has 5 nitrogen and oxygen atoms in total. The van der Waals surface area contributed by atoms with Crippen LogP contribution >= 0.6 is 11.8 Å². The van der Waals surface area contributed by atoms with Crippen LogP contribution in [0.1, 0.15) is 43.9 Å². The molecule has 34 heavy (non-hydrogen) atoms. The van der Waals surface area contributed by atoms with Gasteiger partial charge in [-0.1, -0.05) is 31.2 Å². The van der Waals surface area contributed by atoms with E-state index in [0.717, 1.165) is 17.4 Å². The molecule has 2 aromatic carbocycles. The van der Waals surface area contributed by atoms with Crippen LogP contribution in [-0.2, 0) is 21.4 Å². The number of thioether (sulfide) groups is 1.